The molecule has 0 saturated carbocycles. The molecule has 2 atom stereocenters. The number of carbonyl (C=O) groups excluding carboxylic acids is 2. The molecule has 0 aliphatic carbocycles. The highest BCUT2D eigenvalue weighted by Crippen LogP contribution is 2.35. The normalized spacial score (nSPS) is 19.7. The van der Waals surface area contributed by atoms with Gasteiger partial charge in [0, 0.05) is 5.92 Å². The molecule has 5 nitrogen and oxygen atoms in total. The van der Waals surface area contributed by atoms with E-state index in [9.17, 15) is 9.59 Å². The summed E-state index contributed by atoms with van der Waals surface area (Å²) in [6, 6.07) is 14.6. The molecular formula is C21H23NO4. The first-order valence-corrected chi connectivity index (χ1v) is 8.79. The van der Waals surface area contributed by atoms with E-state index in [-0.39, 0.29) is 17.7 Å². The zero-order valence-electron chi connectivity index (χ0n) is 15.3. The van der Waals surface area contributed by atoms with Gasteiger partial charge in [0.25, 0.3) is 0 Å². The van der Waals surface area contributed by atoms with Gasteiger partial charge in [-0.25, -0.2) is 0 Å². The third kappa shape index (κ3) is 3.29. The lowest BCUT2D eigenvalue weighted by Gasteiger charge is -2.16. The molecule has 136 valence electrons. The quantitative estimate of drug-likeness (QED) is 0.746. The minimum absolute atomic E-state index is 0.168. The lowest BCUT2D eigenvalue weighted by atomic mass is 9.90. The summed E-state index contributed by atoms with van der Waals surface area (Å²) in [6.45, 7) is 4.29. The fourth-order valence-electron chi connectivity index (χ4n) is 3.35. The Bertz CT molecular complexity index is 800. The molecule has 1 aliphatic heterocycles. The Morgan fingerprint density at radius 3 is 2.35 bits per heavy atom. The monoisotopic (exact) mass is 353 g/mol. The lowest BCUT2D eigenvalue weighted by Crippen LogP contribution is -2.31. The van der Waals surface area contributed by atoms with Crippen LogP contribution in [0.2, 0.25) is 0 Å². The van der Waals surface area contributed by atoms with Crippen molar-refractivity contribution in [1.29, 1.82) is 0 Å². The molecule has 2 amide bonds. The number of nitrogens with zero attached hydrogens (tertiary/aromatic N) is 1. The Labute approximate surface area is 153 Å². The van der Waals surface area contributed by atoms with E-state index in [0.717, 1.165) is 11.3 Å². The van der Waals surface area contributed by atoms with Gasteiger partial charge in [0.15, 0.2) is 0 Å². The maximum absolute atomic E-state index is 13.0. The maximum atomic E-state index is 13.0. The number of carbonyl (C=O) groups is 2. The van der Waals surface area contributed by atoms with Gasteiger partial charge in [0.1, 0.15) is 11.5 Å². The van der Waals surface area contributed by atoms with Gasteiger partial charge in [-0.2, -0.15) is 0 Å². The summed E-state index contributed by atoms with van der Waals surface area (Å²) in [4.78, 5) is 27.0. The Kier molecular flexibility index (Phi) is 5.26. The van der Waals surface area contributed by atoms with Gasteiger partial charge >= 0.3 is 0 Å². The van der Waals surface area contributed by atoms with Crippen LogP contribution in [0.4, 0.5) is 5.69 Å². The molecule has 1 fully saturated rings. The number of anilines is 1. The van der Waals surface area contributed by atoms with Gasteiger partial charge < -0.3 is 9.47 Å². The molecule has 0 spiro atoms. The van der Waals surface area contributed by atoms with Crippen molar-refractivity contribution in [2.75, 3.05) is 18.6 Å². The van der Waals surface area contributed by atoms with Crippen LogP contribution in [0.1, 0.15) is 19.4 Å². The summed E-state index contributed by atoms with van der Waals surface area (Å²) in [5.74, 6) is 0.342. The number of rotatable bonds is 6. The molecule has 5 heteroatoms. The van der Waals surface area contributed by atoms with Crippen molar-refractivity contribution < 1.29 is 19.1 Å². The molecule has 2 aromatic rings. The number of benzene rings is 2. The standard InChI is InChI=1S/C21H23NO4/c1-4-26-17-11-9-16(10-12-17)22-20(23)14(2)18(21(22)24)13-15-7-5-6-8-19(15)25-3/h5-12,14,18H,4,13H2,1-3H3/t14-,18-/m1/s1. The summed E-state index contributed by atoms with van der Waals surface area (Å²) in [5.41, 5.74) is 1.51. The largest absolute Gasteiger partial charge is 0.496 e. The molecule has 2 aromatic carbocycles. The van der Waals surface area contributed by atoms with Gasteiger partial charge in [0.2, 0.25) is 11.8 Å². The van der Waals surface area contributed by atoms with E-state index in [1.807, 2.05) is 38.1 Å². The minimum Gasteiger partial charge on any atom is -0.496 e. The molecule has 0 aromatic heterocycles. The fraction of sp³-hybridized carbons (Fsp3) is 0.333. The second-order valence-corrected chi connectivity index (χ2v) is 6.35. The van der Waals surface area contributed by atoms with Gasteiger partial charge in [-0.05, 0) is 49.2 Å². The van der Waals surface area contributed by atoms with Crippen molar-refractivity contribution >= 4 is 17.5 Å². The van der Waals surface area contributed by atoms with Gasteiger partial charge in [-0.1, -0.05) is 25.1 Å². The number of hydrogen-bond acceptors (Lipinski definition) is 4. The van der Waals surface area contributed by atoms with Crippen molar-refractivity contribution in [3.8, 4) is 11.5 Å². The number of methoxy groups -OCH3 is 1. The highest BCUT2D eigenvalue weighted by atomic mass is 16.5. The molecule has 0 unspecified atom stereocenters. The number of amides is 2. The number of ether oxygens (including phenoxy) is 2. The molecule has 1 aliphatic rings. The number of hydrogen-bond donors (Lipinski definition) is 0. The van der Waals surface area contributed by atoms with E-state index < -0.39 is 5.92 Å². The molecule has 0 radical (unpaired) electrons. The first-order chi connectivity index (χ1) is 12.6. The van der Waals surface area contributed by atoms with Crippen molar-refractivity contribution in [2.45, 2.75) is 20.3 Å². The average molecular weight is 353 g/mol. The number of imide groups is 1. The Hall–Kier alpha value is -2.82. The maximum Gasteiger partial charge on any atom is 0.238 e. The van der Waals surface area contributed by atoms with Crippen LogP contribution in [-0.4, -0.2) is 25.5 Å². The van der Waals surface area contributed by atoms with Crippen LogP contribution in [0.15, 0.2) is 48.5 Å². The van der Waals surface area contributed by atoms with Crippen molar-refractivity contribution in [1.82, 2.24) is 0 Å². The Morgan fingerprint density at radius 2 is 1.69 bits per heavy atom. The van der Waals surface area contributed by atoms with E-state index in [4.69, 9.17) is 9.47 Å². The summed E-state index contributed by atoms with van der Waals surface area (Å²) in [7, 11) is 1.61. The summed E-state index contributed by atoms with van der Waals surface area (Å²) >= 11 is 0. The van der Waals surface area contributed by atoms with Crippen LogP contribution in [0.5, 0.6) is 11.5 Å². The average Bonchev–Trinajstić information content (AvgIpc) is 2.87. The van der Waals surface area contributed by atoms with E-state index in [0.29, 0.717) is 24.5 Å². The molecule has 0 N–H and O–H groups in total. The number of para-hydroxylation sites is 1. The molecule has 1 heterocycles. The van der Waals surface area contributed by atoms with Crippen LogP contribution < -0.4 is 14.4 Å². The minimum atomic E-state index is -0.398. The molecule has 0 bridgehead atoms. The van der Waals surface area contributed by atoms with Gasteiger partial charge in [-0.3, -0.25) is 14.5 Å². The summed E-state index contributed by atoms with van der Waals surface area (Å²) < 4.78 is 10.8. The Morgan fingerprint density at radius 1 is 1.00 bits per heavy atom. The van der Waals surface area contributed by atoms with Crippen LogP contribution in [0.3, 0.4) is 0 Å². The SMILES string of the molecule is CCOc1ccc(N2C(=O)[C@H](C)[C@@H](Cc3ccccc3OC)C2=O)cc1. The highest BCUT2D eigenvalue weighted by Gasteiger charge is 2.45. The first-order valence-electron chi connectivity index (χ1n) is 8.79. The smallest absolute Gasteiger partial charge is 0.238 e. The zero-order valence-corrected chi connectivity index (χ0v) is 15.3. The van der Waals surface area contributed by atoms with Crippen LogP contribution in [0.25, 0.3) is 0 Å². The predicted molar refractivity (Wildman–Crippen MR) is 99.5 cm³/mol. The third-order valence-electron chi connectivity index (χ3n) is 4.79. The molecule has 1 saturated heterocycles. The van der Waals surface area contributed by atoms with E-state index in [1.54, 1.807) is 31.4 Å². The van der Waals surface area contributed by atoms with E-state index >= 15 is 0 Å². The predicted octanol–water partition coefficient (Wildman–Crippen LogP) is 3.46. The van der Waals surface area contributed by atoms with Crippen molar-refractivity contribution in [3.63, 3.8) is 0 Å². The Balaban J connectivity index is 1.84. The van der Waals surface area contributed by atoms with Gasteiger partial charge in [0.05, 0.1) is 25.3 Å². The van der Waals surface area contributed by atoms with Crippen LogP contribution >= 0.6 is 0 Å². The zero-order chi connectivity index (χ0) is 18.7. The second-order valence-electron chi connectivity index (χ2n) is 6.35. The van der Waals surface area contributed by atoms with Crippen molar-refractivity contribution in [2.24, 2.45) is 11.8 Å². The highest BCUT2D eigenvalue weighted by molar-refractivity contribution is 6.22. The fourth-order valence-corrected chi connectivity index (χ4v) is 3.35. The van der Waals surface area contributed by atoms with Crippen molar-refractivity contribution in [3.05, 3.63) is 54.1 Å². The van der Waals surface area contributed by atoms with E-state index in [2.05, 4.69) is 0 Å². The second kappa shape index (κ2) is 7.60. The van der Waals surface area contributed by atoms with Gasteiger partial charge in [-0.15, -0.1) is 0 Å². The molecule has 26 heavy (non-hydrogen) atoms. The third-order valence-corrected chi connectivity index (χ3v) is 4.79. The summed E-state index contributed by atoms with van der Waals surface area (Å²) in [5, 5.41) is 0. The molecule has 3 rings (SSSR count). The van der Waals surface area contributed by atoms with Crippen LogP contribution in [-0.2, 0) is 16.0 Å². The summed E-state index contributed by atoms with van der Waals surface area (Å²) in [6.07, 6.45) is 0.475. The van der Waals surface area contributed by atoms with E-state index in [1.165, 1.54) is 4.90 Å². The molecular weight excluding hydrogens is 330 g/mol. The topological polar surface area (TPSA) is 55.8 Å². The van der Waals surface area contributed by atoms with Crippen LogP contribution in [0, 0.1) is 11.8 Å². The first kappa shape index (κ1) is 18.0. The lowest BCUT2D eigenvalue weighted by molar-refractivity contribution is -0.122.